The zero-order valence-corrected chi connectivity index (χ0v) is 15.8. The van der Waals surface area contributed by atoms with E-state index >= 15 is 0 Å². The van der Waals surface area contributed by atoms with Gasteiger partial charge in [-0.25, -0.2) is 0 Å². The normalized spacial score (nSPS) is 12.3. The van der Waals surface area contributed by atoms with Gasteiger partial charge in [-0.2, -0.15) is 0 Å². The SMILES string of the molecule is CN=C(NCC(C)(C)c1ccccc1C)N(C)Cc1cccn1C. The van der Waals surface area contributed by atoms with Crippen LogP contribution >= 0.6 is 0 Å². The molecule has 4 nitrogen and oxygen atoms in total. The van der Waals surface area contributed by atoms with Gasteiger partial charge in [0.15, 0.2) is 5.96 Å². The molecule has 0 atom stereocenters. The lowest BCUT2D eigenvalue weighted by Crippen LogP contribution is -2.44. The second-order valence-electron chi connectivity index (χ2n) is 7.07. The van der Waals surface area contributed by atoms with Gasteiger partial charge in [0.25, 0.3) is 0 Å². The number of nitrogens with zero attached hydrogens (tertiary/aromatic N) is 3. The van der Waals surface area contributed by atoms with E-state index in [1.807, 2.05) is 7.05 Å². The fourth-order valence-electron chi connectivity index (χ4n) is 3.09. The van der Waals surface area contributed by atoms with E-state index in [4.69, 9.17) is 0 Å². The largest absolute Gasteiger partial charge is 0.355 e. The molecule has 0 aliphatic heterocycles. The summed E-state index contributed by atoms with van der Waals surface area (Å²) in [5, 5.41) is 3.53. The van der Waals surface area contributed by atoms with Crippen molar-refractivity contribution in [2.45, 2.75) is 32.7 Å². The maximum atomic E-state index is 4.44. The molecular weight excluding hydrogens is 296 g/mol. The van der Waals surface area contributed by atoms with Crippen molar-refractivity contribution in [3.05, 3.63) is 59.4 Å². The highest BCUT2D eigenvalue weighted by atomic mass is 15.3. The van der Waals surface area contributed by atoms with Crippen LogP contribution in [0.4, 0.5) is 0 Å². The van der Waals surface area contributed by atoms with Crippen LogP contribution < -0.4 is 5.32 Å². The van der Waals surface area contributed by atoms with Crippen molar-refractivity contribution in [1.82, 2.24) is 14.8 Å². The summed E-state index contributed by atoms with van der Waals surface area (Å²) in [6.45, 7) is 8.38. The number of nitrogens with one attached hydrogen (secondary N) is 1. The van der Waals surface area contributed by atoms with E-state index in [2.05, 4.69) is 97.2 Å². The van der Waals surface area contributed by atoms with Crippen LogP contribution in [-0.4, -0.2) is 36.1 Å². The van der Waals surface area contributed by atoms with Crippen molar-refractivity contribution >= 4 is 5.96 Å². The minimum atomic E-state index is 0.0348. The van der Waals surface area contributed by atoms with Gasteiger partial charge in [0.2, 0.25) is 0 Å². The Hall–Kier alpha value is -2.23. The molecule has 2 aromatic rings. The molecule has 0 fully saturated rings. The van der Waals surface area contributed by atoms with Gasteiger partial charge in [-0.1, -0.05) is 38.1 Å². The third-order valence-corrected chi connectivity index (χ3v) is 4.59. The highest BCUT2D eigenvalue weighted by Gasteiger charge is 2.23. The van der Waals surface area contributed by atoms with Gasteiger partial charge in [-0.15, -0.1) is 0 Å². The molecule has 1 aromatic carbocycles. The second kappa shape index (κ2) is 7.56. The average molecular weight is 326 g/mol. The topological polar surface area (TPSA) is 32.6 Å². The number of hydrogen-bond acceptors (Lipinski definition) is 1. The molecule has 0 radical (unpaired) electrons. The number of rotatable bonds is 5. The van der Waals surface area contributed by atoms with Crippen LogP contribution in [0.5, 0.6) is 0 Å². The molecule has 0 aliphatic carbocycles. The molecule has 1 aromatic heterocycles. The Morgan fingerprint density at radius 1 is 1.21 bits per heavy atom. The van der Waals surface area contributed by atoms with Crippen molar-refractivity contribution in [2.24, 2.45) is 12.0 Å². The van der Waals surface area contributed by atoms with E-state index in [1.54, 1.807) is 0 Å². The maximum absolute atomic E-state index is 4.44. The summed E-state index contributed by atoms with van der Waals surface area (Å²) in [5.41, 5.74) is 4.00. The first-order valence-electron chi connectivity index (χ1n) is 8.43. The van der Waals surface area contributed by atoms with Crippen LogP contribution in [0.15, 0.2) is 47.6 Å². The molecule has 0 bridgehead atoms. The van der Waals surface area contributed by atoms with Crippen LogP contribution in [0.1, 0.15) is 30.7 Å². The van der Waals surface area contributed by atoms with Gasteiger partial charge in [-0.3, -0.25) is 4.99 Å². The molecule has 0 amide bonds. The number of benzene rings is 1. The number of aromatic nitrogens is 1. The second-order valence-corrected chi connectivity index (χ2v) is 7.07. The Balaban J connectivity index is 2.03. The smallest absolute Gasteiger partial charge is 0.193 e. The number of hydrogen-bond donors (Lipinski definition) is 1. The fourth-order valence-corrected chi connectivity index (χ4v) is 3.09. The summed E-state index contributed by atoms with van der Waals surface area (Å²) in [5.74, 6) is 0.915. The predicted molar refractivity (Wildman–Crippen MR) is 102 cm³/mol. The first kappa shape index (κ1) is 18.1. The summed E-state index contributed by atoms with van der Waals surface area (Å²) in [7, 11) is 5.98. The highest BCUT2D eigenvalue weighted by Crippen LogP contribution is 2.25. The quantitative estimate of drug-likeness (QED) is 0.675. The van der Waals surface area contributed by atoms with Gasteiger partial charge >= 0.3 is 0 Å². The molecule has 0 spiro atoms. The summed E-state index contributed by atoms with van der Waals surface area (Å²) in [6.07, 6.45) is 2.07. The third-order valence-electron chi connectivity index (χ3n) is 4.59. The van der Waals surface area contributed by atoms with Gasteiger partial charge in [-0.05, 0) is 30.2 Å². The molecule has 0 saturated carbocycles. The molecule has 2 rings (SSSR count). The Morgan fingerprint density at radius 3 is 2.50 bits per heavy atom. The van der Waals surface area contributed by atoms with Crippen LogP contribution in [0.25, 0.3) is 0 Å². The summed E-state index contributed by atoms with van der Waals surface area (Å²) in [6, 6.07) is 12.8. The Labute approximate surface area is 146 Å². The Kier molecular flexibility index (Phi) is 5.71. The molecule has 0 aliphatic rings. The molecular formula is C20H30N4. The Bertz CT molecular complexity index is 697. The van der Waals surface area contributed by atoms with E-state index in [9.17, 15) is 0 Å². The van der Waals surface area contributed by atoms with Crippen molar-refractivity contribution in [3.8, 4) is 0 Å². The van der Waals surface area contributed by atoms with Gasteiger partial charge in [0.05, 0.1) is 6.54 Å². The molecule has 1 heterocycles. The minimum Gasteiger partial charge on any atom is -0.355 e. The number of aliphatic imine (C=N–C) groups is 1. The molecule has 0 unspecified atom stereocenters. The van der Waals surface area contributed by atoms with E-state index in [-0.39, 0.29) is 5.41 Å². The van der Waals surface area contributed by atoms with E-state index in [0.717, 1.165) is 19.0 Å². The first-order valence-corrected chi connectivity index (χ1v) is 8.43. The zero-order chi connectivity index (χ0) is 17.7. The molecule has 24 heavy (non-hydrogen) atoms. The van der Waals surface area contributed by atoms with Crippen molar-refractivity contribution < 1.29 is 0 Å². The monoisotopic (exact) mass is 326 g/mol. The summed E-state index contributed by atoms with van der Waals surface area (Å²) < 4.78 is 2.14. The molecule has 130 valence electrons. The van der Waals surface area contributed by atoms with Gasteiger partial charge < -0.3 is 14.8 Å². The van der Waals surface area contributed by atoms with Crippen molar-refractivity contribution in [3.63, 3.8) is 0 Å². The number of aryl methyl sites for hydroxylation is 2. The van der Waals surface area contributed by atoms with E-state index < -0.39 is 0 Å². The zero-order valence-electron chi connectivity index (χ0n) is 15.8. The van der Waals surface area contributed by atoms with Crippen LogP contribution in [0.3, 0.4) is 0 Å². The highest BCUT2D eigenvalue weighted by molar-refractivity contribution is 5.79. The van der Waals surface area contributed by atoms with Crippen LogP contribution in [0.2, 0.25) is 0 Å². The van der Waals surface area contributed by atoms with Crippen molar-refractivity contribution in [2.75, 3.05) is 20.6 Å². The standard InChI is InChI=1S/C20H30N4/c1-16-10-7-8-12-18(16)20(2,3)15-22-19(21-4)24(6)14-17-11-9-13-23(17)5/h7-13H,14-15H2,1-6H3,(H,21,22). The third kappa shape index (κ3) is 4.19. The van der Waals surface area contributed by atoms with Gasteiger partial charge in [0.1, 0.15) is 0 Å². The van der Waals surface area contributed by atoms with E-state index in [1.165, 1.54) is 16.8 Å². The van der Waals surface area contributed by atoms with E-state index in [0.29, 0.717) is 0 Å². The average Bonchev–Trinajstić information content (AvgIpc) is 2.93. The minimum absolute atomic E-state index is 0.0348. The lowest BCUT2D eigenvalue weighted by Gasteiger charge is -2.30. The summed E-state index contributed by atoms with van der Waals surface area (Å²) >= 11 is 0. The molecule has 0 saturated heterocycles. The lowest BCUT2D eigenvalue weighted by atomic mass is 9.82. The molecule has 4 heteroatoms. The fraction of sp³-hybridized carbons (Fsp3) is 0.450. The summed E-state index contributed by atoms with van der Waals surface area (Å²) in [4.78, 5) is 6.60. The first-order chi connectivity index (χ1) is 11.3. The lowest BCUT2D eigenvalue weighted by molar-refractivity contribution is 0.439. The number of guanidine groups is 1. The molecule has 1 N–H and O–H groups in total. The van der Waals surface area contributed by atoms with Crippen LogP contribution in [-0.2, 0) is 19.0 Å². The predicted octanol–water partition coefficient (Wildman–Crippen LogP) is 3.32. The maximum Gasteiger partial charge on any atom is 0.193 e. The Morgan fingerprint density at radius 2 is 1.92 bits per heavy atom. The van der Waals surface area contributed by atoms with Crippen molar-refractivity contribution in [1.29, 1.82) is 0 Å². The van der Waals surface area contributed by atoms with Crippen LogP contribution in [0, 0.1) is 6.92 Å². The van der Waals surface area contributed by atoms with Gasteiger partial charge in [0, 0.05) is 45.0 Å².